The van der Waals surface area contributed by atoms with Gasteiger partial charge in [-0.25, -0.2) is 0 Å². The second kappa shape index (κ2) is 15.7. The van der Waals surface area contributed by atoms with Gasteiger partial charge in [0.2, 0.25) is 0 Å². The molecule has 0 saturated heterocycles. The SMILES string of the molecule is CCCCCCCCCCCCCC(O)(Cc1ccccc1)CN1C=NCC1.Cl. The fraction of sp³-hybridized carbons (Fsp3) is 0.720. The number of nitrogens with zero attached hydrogens (tertiary/aromatic N) is 2. The molecule has 1 aromatic rings. The maximum Gasteiger partial charge on any atom is 0.0862 e. The van der Waals surface area contributed by atoms with Gasteiger partial charge in [-0.3, -0.25) is 4.99 Å². The molecule has 1 heterocycles. The summed E-state index contributed by atoms with van der Waals surface area (Å²) in [6.45, 7) is 4.78. The van der Waals surface area contributed by atoms with Crippen LogP contribution >= 0.6 is 12.4 Å². The van der Waals surface area contributed by atoms with Crippen molar-refractivity contribution in [2.24, 2.45) is 4.99 Å². The van der Waals surface area contributed by atoms with Crippen molar-refractivity contribution in [2.75, 3.05) is 19.6 Å². The van der Waals surface area contributed by atoms with Gasteiger partial charge >= 0.3 is 0 Å². The van der Waals surface area contributed by atoms with E-state index < -0.39 is 5.60 Å². The number of aliphatic imine (C=N–C) groups is 1. The molecule has 0 bridgehead atoms. The third-order valence-corrected chi connectivity index (χ3v) is 5.88. The normalized spacial score (nSPS) is 15.3. The van der Waals surface area contributed by atoms with Crippen LogP contribution in [0.2, 0.25) is 0 Å². The van der Waals surface area contributed by atoms with E-state index in [0.717, 1.165) is 32.4 Å². The summed E-state index contributed by atoms with van der Waals surface area (Å²) < 4.78 is 0. The molecule has 1 atom stereocenters. The zero-order chi connectivity index (χ0) is 19.9. The lowest BCUT2D eigenvalue weighted by atomic mass is 9.88. The number of halogens is 1. The quantitative estimate of drug-likeness (QED) is 0.311. The minimum atomic E-state index is -0.656. The van der Waals surface area contributed by atoms with E-state index in [4.69, 9.17) is 0 Å². The van der Waals surface area contributed by atoms with E-state index >= 15 is 0 Å². The number of hydrogen-bond acceptors (Lipinski definition) is 3. The van der Waals surface area contributed by atoms with Crippen LogP contribution < -0.4 is 0 Å². The van der Waals surface area contributed by atoms with Crippen molar-refractivity contribution in [3.8, 4) is 0 Å². The van der Waals surface area contributed by atoms with Gasteiger partial charge in [0.05, 0.1) is 18.5 Å². The molecule has 166 valence electrons. The minimum Gasteiger partial charge on any atom is -0.388 e. The molecular weight excluding hydrogens is 380 g/mol. The highest BCUT2D eigenvalue weighted by molar-refractivity contribution is 5.85. The molecule has 0 radical (unpaired) electrons. The smallest absolute Gasteiger partial charge is 0.0862 e. The van der Waals surface area contributed by atoms with E-state index in [2.05, 4.69) is 41.1 Å². The molecule has 0 saturated carbocycles. The minimum absolute atomic E-state index is 0. The monoisotopic (exact) mass is 422 g/mol. The number of β-amino-alcohol motifs (C(OH)–C–C–N with tert-alkyl or cyclic N) is 1. The summed E-state index contributed by atoms with van der Waals surface area (Å²) in [7, 11) is 0. The predicted octanol–water partition coefficient (Wildman–Crippen LogP) is 6.43. The Morgan fingerprint density at radius 3 is 2.03 bits per heavy atom. The molecule has 1 N–H and O–H groups in total. The number of unbranched alkanes of at least 4 members (excludes halogenated alkanes) is 10. The van der Waals surface area contributed by atoms with Crippen molar-refractivity contribution in [1.29, 1.82) is 0 Å². The van der Waals surface area contributed by atoms with Gasteiger partial charge in [0.25, 0.3) is 0 Å². The van der Waals surface area contributed by atoms with Gasteiger partial charge in [0, 0.05) is 19.5 Å². The van der Waals surface area contributed by atoms with Crippen LogP contribution in [0.15, 0.2) is 35.3 Å². The van der Waals surface area contributed by atoms with Gasteiger partial charge in [-0.2, -0.15) is 0 Å². The van der Waals surface area contributed by atoms with E-state index in [1.165, 1.54) is 69.8 Å². The zero-order valence-electron chi connectivity index (χ0n) is 18.5. The fourth-order valence-corrected chi connectivity index (χ4v) is 4.23. The Morgan fingerprint density at radius 1 is 0.897 bits per heavy atom. The van der Waals surface area contributed by atoms with E-state index in [0.29, 0.717) is 6.54 Å². The summed E-state index contributed by atoms with van der Waals surface area (Å²) in [6.07, 6.45) is 18.3. The van der Waals surface area contributed by atoms with Crippen LogP contribution in [-0.2, 0) is 6.42 Å². The lowest BCUT2D eigenvalue weighted by molar-refractivity contribution is 0.0121. The van der Waals surface area contributed by atoms with Gasteiger partial charge in [0.15, 0.2) is 0 Å². The summed E-state index contributed by atoms with van der Waals surface area (Å²) in [5.74, 6) is 0. The van der Waals surface area contributed by atoms with Crippen molar-refractivity contribution in [3.63, 3.8) is 0 Å². The van der Waals surface area contributed by atoms with Gasteiger partial charge in [-0.1, -0.05) is 108 Å². The summed E-state index contributed by atoms with van der Waals surface area (Å²) in [5, 5.41) is 11.4. The second-order valence-electron chi connectivity index (χ2n) is 8.66. The molecule has 1 aromatic carbocycles. The molecule has 0 amide bonds. The molecule has 0 fully saturated rings. The molecule has 1 aliphatic heterocycles. The Hall–Kier alpha value is -1.06. The second-order valence-corrected chi connectivity index (χ2v) is 8.66. The van der Waals surface area contributed by atoms with E-state index in [1.807, 2.05) is 12.4 Å². The molecule has 1 aliphatic rings. The topological polar surface area (TPSA) is 35.8 Å². The Morgan fingerprint density at radius 2 is 1.48 bits per heavy atom. The zero-order valence-corrected chi connectivity index (χ0v) is 19.3. The van der Waals surface area contributed by atoms with Crippen molar-refractivity contribution in [2.45, 2.75) is 96.0 Å². The van der Waals surface area contributed by atoms with E-state index in [9.17, 15) is 5.11 Å². The lowest BCUT2D eigenvalue weighted by Crippen LogP contribution is -2.44. The maximum absolute atomic E-state index is 11.4. The average Bonchev–Trinajstić information content (AvgIpc) is 3.19. The third-order valence-electron chi connectivity index (χ3n) is 5.88. The molecule has 4 heteroatoms. The standard InChI is InChI=1S/C25H42N2O.ClH/c1-2-3-4-5-6-7-8-9-10-11-15-18-25(28,22-27-20-19-26-23-27)21-24-16-13-12-14-17-24;/h12-14,16-17,23,28H,2-11,15,18-22H2,1H3;1H. The van der Waals surface area contributed by atoms with Crippen molar-refractivity contribution < 1.29 is 5.11 Å². The summed E-state index contributed by atoms with van der Waals surface area (Å²) >= 11 is 0. The van der Waals surface area contributed by atoms with Crippen LogP contribution in [-0.4, -0.2) is 41.6 Å². The first-order chi connectivity index (χ1) is 13.7. The van der Waals surface area contributed by atoms with E-state index in [1.54, 1.807) is 0 Å². The van der Waals surface area contributed by atoms with E-state index in [-0.39, 0.29) is 12.4 Å². The highest BCUT2D eigenvalue weighted by atomic mass is 35.5. The largest absolute Gasteiger partial charge is 0.388 e. The molecule has 2 rings (SSSR count). The molecule has 0 aliphatic carbocycles. The van der Waals surface area contributed by atoms with Gasteiger partial charge in [0.1, 0.15) is 0 Å². The summed E-state index contributed by atoms with van der Waals surface area (Å²) in [4.78, 5) is 6.49. The molecule has 0 aromatic heterocycles. The van der Waals surface area contributed by atoms with Crippen molar-refractivity contribution in [1.82, 2.24) is 4.90 Å². The first kappa shape index (κ1) is 26.0. The van der Waals surface area contributed by atoms with Crippen molar-refractivity contribution >= 4 is 18.7 Å². The van der Waals surface area contributed by atoms with Gasteiger partial charge < -0.3 is 10.0 Å². The Labute approximate surface area is 185 Å². The molecule has 3 nitrogen and oxygen atoms in total. The summed E-state index contributed by atoms with van der Waals surface area (Å²) in [6, 6.07) is 10.4. The fourth-order valence-electron chi connectivity index (χ4n) is 4.23. The Balaban J connectivity index is 0.00000420. The van der Waals surface area contributed by atoms with Crippen LogP contribution in [0.3, 0.4) is 0 Å². The highest BCUT2D eigenvalue weighted by Gasteiger charge is 2.29. The average molecular weight is 423 g/mol. The van der Waals surface area contributed by atoms with Crippen LogP contribution in [0.5, 0.6) is 0 Å². The van der Waals surface area contributed by atoms with Crippen LogP contribution in [0.1, 0.15) is 89.5 Å². The Kier molecular flexibility index (Phi) is 14.1. The predicted molar refractivity (Wildman–Crippen MR) is 128 cm³/mol. The number of aliphatic hydroxyl groups is 1. The van der Waals surface area contributed by atoms with Crippen molar-refractivity contribution in [3.05, 3.63) is 35.9 Å². The Bertz CT molecular complexity index is 537. The van der Waals surface area contributed by atoms with Crippen LogP contribution in [0.25, 0.3) is 0 Å². The number of hydrogen-bond donors (Lipinski definition) is 1. The number of benzene rings is 1. The summed E-state index contributed by atoms with van der Waals surface area (Å²) in [5.41, 5.74) is 0.570. The van der Waals surface area contributed by atoms with Crippen LogP contribution in [0, 0.1) is 0 Å². The third kappa shape index (κ3) is 11.6. The first-order valence-corrected chi connectivity index (χ1v) is 11.7. The molecule has 29 heavy (non-hydrogen) atoms. The first-order valence-electron chi connectivity index (χ1n) is 11.7. The number of rotatable bonds is 16. The maximum atomic E-state index is 11.4. The van der Waals surface area contributed by atoms with Gasteiger partial charge in [-0.05, 0) is 12.0 Å². The lowest BCUT2D eigenvalue weighted by Gasteiger charge is -2.32. The molecule has 1 unspecified atom stereocenters. The molecular formula is C25H43ClN2O. The highest BCUT2D eigenvalue weighted by Crippen LogP contribution is 2.23. The van der Waals surface area contributed by atoms with Gasteiger partial charge in [-0.15, -0.1) is 12.4 Å². The van der Waals surface area contributed by atoms with Crippen LogP contribution in [0.4, 0.5) is 0 Å². The molecule has 0 spiro atoms.